The number of thiazole rings is 1. The molecular weight excluding hydrogens is 528 g/mol. The van der Waals surface area contributed by atoms with E-state index < -0.39 is 23.6 Å². The van der Waals surface area contributed by atoms with Gasteiger partial charge in [-0.05, 0) is 55.7 Å². The van der Waals surface area contributed by atoms with Gasteiger partial charge in [0.2, 0.25) is 5.13 Å². The second-order valence-corrected chi connectivity index (χ2v) is 11.0. The average Bonchev–Trinajstić information content (AvgIpc) is 3.67. The summed E-state index contributed by atoms with van der Waals surface area (Å²) in [6, 6.07) is 12.0. The molecule has 4 aromatic rings. The Bertz CT molecular complexity index is 1740. The summed E-state index contributed by atoms with van der Waals surface area (Å²) in [5.74, 6) is -2.02. The van der Waals surface area contributed by atoms with Crippen LogP contribution in [0.3, 0.4) is 0 Å². The monoisotopic (exact) mass is 552 g/mol. The first-order valence-electron chi connectivity index (χ1n) is 13.1. The van der Waals surface area contributed by atoms with Crippen LogP contribution in [0.1, 0.15) is 65.2 Å². The fourth-order valence-electron chi connectivity index (χ4n) is 5.68. The number of carbonyl (C=O) groups is 4. The number of para-hydroxylation sites is 1. The highest BCUT2D eigenvalue weighted by Gasteiger charge is 2.44. The van der Waals surface area contributed by atoms with Gasteiger partial charge in [0.15, 0.2) is 0 Å². The van der Waals surface area contributed by atoms with Gasteiger partial charge in [0, 0.05) is 27.3 Å². The number of amides is 4. The normalized spacial score (nSPS) is 17.7. The topological polar surface area (TPSA) is 103 Å². The maximum Gasteiger partial charge on any atom is 0.280 e. The van der Waals surface area contributed by atoms with Crippen LogP contribution >= 0.6 is 11.3 Å². The molecule has 200 valence electrons. The molecule has 1 atom stereocenters. The summed E-state index contributed by atoms with van der Waals surface area (Å²) in [7, 11) is 0. The van der Waals surface area contributed by atoms with Gasteiger partial charge in [0.1, 0.15) is 6.10 Å². The lowest BCUT2D eigenvalue weighted by atomic mass is 9.85. The van der Waals surface area contributed by atoms with Crippen molar-refractivity contribution in [2.24, 2.45) is 0 Å². The second kappa shape index (κ2) is 8.80. The molecule has 3 aliphatic rings. The number of epoxide rings is 1. The van der Waals surface area contributed by atoms with Crippen molar-refractivity contribution in [1.29, 1.82) is 0 Å². The molecule has 0 radical (unpaired) electrons. The number of benzene rings is 3. The summed E-state index contributed by atoms with van der Waals surface area (Å²) in [6.45, 7) is 6.53. The van der Waals surface area contributed by atoms with Gasteiger partial charge in [0.25, 0.3) is 23.6 Å². The van der Waals surface area contributed by atoms with Crippen molar-refractivity contribution in [3.8, 4) is 0 Å². The molecule has 1 aromatic heterocycles. The van der Waals surface area contributed by atoms with Crippen LogP contribution in [0.5, 0.6) is 0 Å². The number of aryl methyl sites for hydroxylation is 3. The SMILES string of the molecule is CCc1cccc(C)c1N1C(=O)c2ccc3c4c(ccc(c24)C1=O)C(=O)N(N(CC1CO1)c1nc(C)cs1)C3=O. The number of nitrogens with zero attached hydrogens (tertiary/aromatic N) is 4. The third-order valence-corrected chi connectivity index (χ3v) is 8.62. The number of imide groups is 2. The number of ether oxygens (including phenoxy) is 1. The van der Waals surface area contributed by atoms with Crippen molar-refractivity contribution < 1.29 is 23.9 Å². The van der Waals surface area contributed by atoms with Gasteiger partial charge in [-0.1, -0.05) is 25.1 Å². The van der Waals surface area contributed by atoms with Crippen LogP contribution in [0.25, 0.3) is 10.8 Å². The second-order valence-electron chi connectivity index (χ2n) is 10.2. The zero-order valence-corrected chi connectivity index (χ0v) is 22.9. The summed E-state index contributed by atoms with van der Waals surface area (Å²) in [6.07, 6.45) is 0.533. The fourth-order valence-corrected chi connectivity index (χ4v) is 6.48. The lowest BCUT2D eigenvalue weighted by molar-refractivity contribution is 0.0585. The van der Waals surface area contributed by atoms with E-state index in [0.29, 0.717) is 41.2 Å². The molecule has 4 amide bonds. The summed E-state index contributed by atoms with van der Waals surface area (Å²) < 4.78 is 5.41. The minimum atomic E-state index is -0.538. The molecule has 0 N–H and O–H groups in total. The zero-order valence-electron chi connectivity index (χ0n) is 22.1. The van der Waals surface area contributed by atoms with Crippen molar-refractivity contribution in [2.75, 3.05) is 23.1 Å². The summed E-state index contributed by atoms with van der Waals surface area (Å²) >= 11 is 1.34. The van der Waals surface area contributed by atoms with Crippen molar-refractivity contribution in [1.82, 2.24) is 9.99 Å². The van der Waals surface area contributed by atoms with Gasteiger partial charge >= 0.3 is 0 Å². The van der Waals surface area contributed by atoms with Gasteiger partial charge in [-0.15, -0.1) is 11.3 Å². The van der Waals surface area contributed by atoms with Gasteiger partial charge in [-0.3, -0.25) is 19.2 Å². The lowest BCUT2D eigenvalue weighted by Gasteiger charge is -2.37. The largest absolute Gasteiger partial charge is 0.371 e. The highest BCUT2D eigenvalue weighted by Crippen LogP contribution is 2.41. The number of hydrazine groups is 1. The van der Waals surface area contributed by atoms with E-state index in [0.717, 1.165) is 21.8 Å². The quantitative estimate of drug-likeness (QED) is 0.252. The zero-order chi connectivity index (χ0) is 27.9. The van der Waals surface area contributed by atoms with Crippen molar-refractivity contribution in [3.63, 3.8) is 0 Å². The molecule has 3 aliphatic heterocycles. The van der Waals surface area contributed by atoms with Crippen molar-refractivity contribution in [2.45, 2.75) is 33.3 Å². The van der Waals surface area contributed by atoms with Gasteiger partial charge in [-0.25, -0.2) is 14.9 Å². The molecule has 1 unspecified atom stereocenters. The summed E-state index contributed by atoms with van der Waals surface area (Å²) in [5, 5.41) is 5.73. The Labute approximate surface area is 233 Å². The number of hydrogen-bond donors (Lipinski definition) is 0. The van der Waals surface area contributed by atoms with Crippen LogP contribution < -0.4 is 9.91 Å². The minimum Gasteiger partial charge on any atom is -0.371 e. The number of carbonyl (C=O) groups excluding carboxylic acids is 4. The Balaban J connectivity index is 1.38. The van der Waals surface area contributed by atoms with Gasteiger partial charge in [-0.2, -0.15) is 5.01 Å². The molecule has 7 rings (SSSR count). The highest BCUT2D eigenvalue weighted by molar-refractivity contribution is 7.13. The lowest BCUT2D eigenvalue weighted by Crippen LogP contribution is -2.53. The van der Waals surface area contributed by atoms with Crippen molar-refractivity contribution >= 4 is 56.6 Å². The van der Waals surface area contributed by atoms with E-state index in [-0.39, 0.29) is 28.4 Å². The number of anilines is 2. The molecule has 0 aliphatic carbocycles. The van der Waals surface area contributed by atoms with E-state index in [1.165, 1.54) is 16.2 Å². The van der Waals surface area contributed by atoms with E-state index in [9.17, 15) is 19.2 Å². The summed E-state index contributed by atoms with van der Waals surface area (Å²) in [4.78, 5) is 61.5. The third-order valence-electron chi connectivity index (χ3n) is 7.65. The third kappa shape index (κ3) is 3.46. The first kappa shape index (κ1) is 24.6. The smallest absolute Gasteiger partial charge is 0.280 e. The first-order chi connectivity index (χ1) is 19.3. The number of aromatic nitrogens is 1. The minimum absolute atomic E-state index is 0.114. The molecule has 40 heavy (non-hydrogen) atoms. The Hall–Kier alpha value is -4.41. The number of hydrogen-bond acceptors (Lipinski definition) is 8. The van der Waals surface area contributed by atoms with E-state index in [2.05, 4.69) is 4.98 Å². The Morgan fingerprint density at radius 1 is 0.900 bits per heavy atom. The van der Waals surface area contributed by atoms with Crippen LogP contribution in [-0.2, 0) is 11.2 Å². The Morgan fingerprint density at radius 2 is 1.48 bits per heavy atom. The van der Waals surface area contributed by atoms with E-state index in [1.54, 1.807) is 29.3 Å². The van der Waals surface area contributed by atoms with Gasteiger partial charge < -0.3 is 4.74 Å². The Kier molecular flexibility index (Phi) is 5.42. The van der Waals surface area contributed by atoms with Crippen LogP contribution in [0.4, 0.5) is 10.8 Å². The van der Waals surface area contributed by atoms with Crippen LogP contribution in [0.2, 0.25) is 0 Å². The molecule has 1 saturated heterocycles. The Morgan fingerprint density at radius 3 is 1.98 bits per heavy atom. The predicted molar refractivity (Wildman–Crippen MR) is 150 cm³/mol. The molecule has 9 nitrogen and oxygen atoms in total. The maximum absolute atomic E-state index is 14.0. The van der Waals surface area contributed by atoms with Crippen molar-refractivity contribution in [3.05, 3.63) is 86.9 Å². The van der Waals surface area contributed by atoms with Crippen LogP contribution in [0, 0.1) is 13.8 Å². The van der Waals surface area contributed by atoms with E-state index >= 15 is 0 Å². The molecular formula is C30H24N4O5S. The molecule has 4 heterocycles. The average molecular weight is 553 g/mol. The highest BCUT2D eigenvalue weighted by atomic mass is 32.1. The first-order valence-corrected chi connectivity index (χ1v) is 13.9. The predicted octanol–water partition coefficient (Wildman–Crippen LogP) is 4.69. The molecule has 0 saturated carbocycles. The molecule has 10 heteroatoms. The van der Waals surface area contributed by atoms with E-state index in [4.69, 9.17) is 4.74 Å². The molecule has 0 bridgehead atoms. The number of rotatable bonds is 6. The standard InChI is InChI=1S/C30H24N4O5S/c1-4-17-7-5-6-15(2)25(17)33-26(35)19-8-10-21-24-22(11-9-20(23(19)24)27(33)36)29(38)34(28(21)37)32(12-18-13-39-18)30-31-16(3)14-40-30/h5-11,14,18H,4,12-13H2,1-3H3. The summed E-state index contributed by atoms with van der Waals surface area (Å²) in [5.41, 5.74) is 4.13. The van der Waals surface area contributed by atoms with E-state index in [1.807, 2.05) is 44.4 Å². The van der Waals surface area contributed by atoms with Crippen LogP contribution in [-0.4, -0.2) is 52.9 Å². The molecule has 1 fully saturated rings. The fraction of sp³-hybridized carbons (Fsp3) is 0.233. The molecule has 3 aromatic carbocycles. The maximum atomic E-state index is 14.0. The van der Waals surface area contributed by atoms with Crippen LogP contribution in [0.15, 0.2) is 47.8 Å². The molecule has 0 spiro atoms. The van der Waals surface area contributed by atoms with Gasteiger partial charge in [0.05, 0.1) is 35.7 Å².